The maximum Gasteiger partial charge on any atom is 0.161 e. The average molecular weight is 607 g/mol. The van der Waals surface area contributed by atoms with E-state index < -0.39 is 0 Å². The molecule has 3 aromatic rings. The summed E-state index contributed by atoms with van der Waals surface area (Å²) in [7, 11) is 0. The Morgan fingerprint density at radius 2 is 1.84 bits per heavy atom. The van der Waals surface area contributed by atoms with Crippen LogP contribution in [0.4, 0.5) is 0 Å². The minimum Gasteiger partial charge on any atom is -0.504 e. The fourth-order valence-electron chi connectivity index (χ4n) is 7.49. The second-order valence-corrected chi connectivity index (χ2v) is 13.5. The lowest BCUT2D eigenvalue weighted by atomic mass is 9.81. The predicted molar refractivity (Wildman–Crippen MR) is 174 cm³/mol. The molecule has 0 bridgehead atoms. The van der Waals surface area contributed by atoms with Crippen LogP contribution in [0.25, 0.3) is 0 Å². The van der Waals surface area contributed by atoms with Gasteiger partial charge < -0.3 is 34.8 Å². The van der Waals surface area contributed by atoms with Gasteiger partial charge in [-0.25, -0.2) is 0 Å². The van der Waals surface area contributed by atoms with E-state index in [1.165, 1.54) is 49.8 Å². The number of aliphatic hydroxyl groups is 2. The summed E-state index contributed by atoms with van der Waals surface area (Å²) in [5.41, 5.74) is 4.49. The third kappa shape index (κ3) is 8.09. The predicted octanol–water partition coefficient (Wildman–Crippen LogP) is 7.07. The van der Waals surface area contributed by atoms with Crippen LogP contribution in [0, 0.1) is 5.92 Å². The minimum absolute atomic E-state index is 0.00488. The van der Waals surface area contributed by atoms with Crippen molar-refractivity contribution < 1.29 is 24.5 Å². The average Bonchev–Trinajstić information content (AvgIpc) is 3.84. The number of rotatable bonds is 17. The molecule has 5 rings (SSSR count). The summed E-state index contributed by atoms with van der Waals surface area (Å²) in [6.07, 6.45) is 16.0. The minimum atomic E-state index is -0.345. The number of furan rings is 1. The smallest absolute Gasteiger partial charge is 0.161 e. The van der Waals surface area contributed by atoms with Crippen LogP contribution < -0.4 is 10.1 Å². The zero-order valence-electron chi connectivity index (χ0n) is 26.9. The van der Waals surface area contributed by atoms with Gasteiger partial charge in [0.1, 0.15) is 11.5 Å². The van der Waals surface area contributed by atoms with Crippen molar-refractivity contribution in [3.05, 3.63) is 70.4 Å². The van der Waals surface area contributed by atoms with Crippen LogP contribution in [0.1, 0.15) is 118 Å². The number of unbranched alkanes of at least 4 members (excludes halogenated alkanes) is 1. The van der Waals surface area contributed by atoms with E-state index in [4.69, 9.17) is 9.15 Å². The Balaban J connectivity index is 1.26. The van der Waals surface area contributed by atoms with Gasteiger partial charge >= 0.3 is 0 Å². The fourth-order valence-corrected chi connectivity index (χ4v) is 7.49. The molecule has 242 valence electrons. The number of aromatic nitrogens is 1. The monoisotopic (exact) mass is 606 g/mol. The number of phenolic OH excluding ortho intramolecular Hbond substituents is 1. The molecule has 0 saturated heterocycles. The lowest BCUT2D eigenvalue weighted by Gasteiger charge is -2.28. The molecule has 2 unspecified atom stereocenters. The van der Waals surface area contributed by atoms with Crippen molar-refractivity contribution >= 4 is 0 Å². The van der Waals surface area contributed by atoms with Gasteiger partial charge in [-0.1, -0.05) is 45.1 Å². The zero-order chi connectivity index (χ0) is 30.9. The van der Waals surface area contributed by atoms with E-state index in [-0.39, 0.29) is 23.9 Å². The number of aliphatic hydroxyl groups excluding tert-OH is 2. The zero-order valence-corrected chi connectivity index (χ0v) is 26.9. The van der Waals surface area contributed by atoms with Gasteiger partial charge in [-0.3, -0.25) is 0 Å². The van der Waals surface area contributed by atoms with Gasteiger partial charge in [0.2, 0.25) is 0 Å². The molecule has 2 fully saturated rings. The highest BCUT2D eigenvalue weighted by Crippen LogP contribution is 2.44. The summed E-state index contributed by atoms with van der Waals surface area (Å²) < 4.78 is 12.5. The Hall–Kier alpha value is -2.74. The maximum absolute atomic E-state index is 10.7. The number of phenols is 1. The summed E-state index contributed by atoms with van der Waals surface area (Å²) in [5.74, 6) is 3.61. The molecular weight excluding hydrogens is 552 g/mol. The number of nitrogens with one attached hydrogen (secondary N) is 2. The number of hydrogen-bond acceptors (Lipinski definition) is 6. The van der Waals surface area contributed by atoms with E-state index >= 15 is 0 Å². The normalized spacial score (nSPS) is 18.2. The molecule has 2 aromatic heterocycles. The number of aryl methyl sites for hydroxylation is 3. The number of aromatic hydroxyl groups is 1. The second-order valence-electron chi connectivity index (χ2n) is 13.5. The molecule has 2 saturated carbocycles. The van der Waals surface area contributed by atoms with Crippen LogP contribution >= 0.6 is 0 Å². The van der Waals surface area contributed by atoms with Gasteiger partial charge in [-0.15, -0.1) is 0 Å². The highest BCUT2D eigenvalue weighted by Gasteiger charge is 2.39. The molecule has 7 heteroatoms. The van der Waals surface area contributed by atoms with Crippen molar-refractivity contribution in [3.63, 3.8) is 0 Å². The molecule has 0 spiro atoms. The first-order valence-electron chi connectivity index (χ1n) is 17.1. The molecule has 0 amide bonds. The number of benzene rings is 1. The molecule has 7 nitrogen and oxygen atoms in total. The van der Waals surface area contributed by atoms with E-state index in [9.17, 15) is 15.3 Å². The van der Waals surface area contributed by atoms with E-state index in [1.54, 1.807) is 6.07 Å². The van der Waals surface area contributed by atoms with Gasteiger partial charge in [-0.2, -0.15) is 0 Å². The van der Waals surface area contributed by atoms with Gasteiger partial charge in [0, 0.05) is 54.7 Å². The standard InChI is InChI=1S/C37H54N2O5/c1-3-4-11-34-30(24-40)19-31(44-34)14-12-27-13-15-33(42)35(18-27)43-25-37(16-7-8-17-37)36-20-29(22-39-36)32(23-38-21-26(2)41)28-9-5-6-10-28/h13,15,18-20,22,26,28,32,38-42H,3-12,14,16-17,21,23-25H2,1-2H3. The van der Waals surface area contributed by atoms with Crippen molar-refractivity contribution in [2.45, 2.75) is 121 Å². The fraction of sp³-hybridized carbons (Fsp3) is 0.622. The van der Waals surface area contributed by atoms with Crippen molar-refractivity contribution in [2.75, 3.05) is 19.7 Å². The summed E-state index contributed by atoms with van der Waals surface area (Å²) in [5, 5.41) is 33.8. The van der Waals surface area contributed by atoms with Crippen LogP contribution in [0.5, 0.6) is 11.5 Å². The molecule has 0 radical (unpaired) electrons. The quantitative estimate of drug-likeness (QED) is 0.112. The first kappa shape index (κ1) is 32.6. The van der Waals surface area contributed by atoms with Crippen molar-refractivity contribution in [3.8, 4) is 11.5 Å². The molecule has 2 heterocycles. The Bertz CT molecular complexity index is 1300. The molecule has 2 aliphatic rings. The molecule has 1 aromatic carbocycles. The highest BCUT2D eigenvalue weighted by molar-refractivity contribution is 5.42. The molecular formula is C37H54N2O5. The van der Waals surface area contributed by atoms with E-state index in [1.807, 2.05) is 25.1 Å². The van der Waals surface area contributed by atoms with E-state index in [0.29, 0.717) is 30.7 Å². The Kier molecular flexibility index (Phi) is 11.5. The molecule has 5 N–H and O–H groups in total. The lowest BCUT2D eigenvalue weighted by Crippen LogP contribution is -2.31. The topological polar surface area (TPSA) is 111 Å². The number of ether oxygens (including phenoxy) is 1. The van der Waals surface area contributed by atoms with Gasteiger partial charge in [0.25, 0.3) is 0 Å². The third-order valence-electron chi connectivity index (χ3n) is 10.1. The van der Waals surface area contributed by atoms with Crippen LogP contribution in [0.2, 0.25) is 0 Å². The molecule has 0 aliphatic heterocycles. The van der Waals surface area contributed by atoms with Crippen molar-refractivity contribution in [1.29, 1.82) is 0 Å². The SMILES string of the molecule is CCCCc1oc(CCc2ccc(O)c(OCC3(c4cc(C(CNCC(C)O)C5CCCC5)c[nH]4)CCCC3)c2)cc1CO. The summed E-state index contributed by atoms with van der Waals surface area (Å²) in [6, 6.07) is 10.0. The van der Waals surface area contributed by atoms with Gasteiger partial charge in [0.05, 0.1) is 19.3 Å². The second kappa shape index (κ2) is 15.5. The number of H-pyrrole nitrogens is 1. The van der Waals surface area contributed by atoms with Crippen LogP contribution in [-0.2, 0) is 31.3 Å². The lowest BCUT2D eigenvalue weighted by molar-refractivity contribution is 0.189. The van der Waals surface area contributed by atoms with E-state index in [0.717, 1.165) is 74.1 Å². The summed E-state index contributed by atoms with van der Waals surface area (Å²) >= 11 is 0. The largest absolute Gasteiger partial charge is 0.504 e. The Morgan fingerprint density at radius 1 is 1.05 bits per heavy atom. The first-order valence-corrected chi connectivity index (χ1v) is 17.1. The summed E-state index contributed by atoms with van der Waals surface area (Å²) in [6.45, 7) is 6.02. The van der Waals surface area contributed by atoms with Crippen molar-refractivity contribution in [1.82, 2.24) is 10.3 Å². The highest BCUT2D eigenvalue weighted by atomic mass is 16.5. The van der Waals surface area contributed by atoms with Crippen LogP contribution in [-0.4, -0.2) is 46.1 Å². The van der Waals surface area contributed by atoms with Crippen LogP contribution in [0.3, 0.4) is 0 Å². The van der Waals surface area contributed by atoms with Gasteiger partial charge in [0.15, 0.2) is 11.5 Å². The third-order valence-corrected chi connectivity index (χ3v) is 10.1. The molecule has 44 heavy (non-hydrogen) atoms. The number of aromatic amines is 1. The summed E-state index contributed by atoms with van der Waals surface area (Å²) in [4.78, 5) is 3.67. The van der Waals surface area contributed by atoms with Crippen LogP contribution in [0.15, 0.2) is 40.9 Å². The first-order chi connectivity index (χ1) is 21.4. The van der Waals surface area contributed by atoms with Gasteiger partial charge in [-0.05, 0) is 86.8 Å². The Morgan fingerprint density at radius 3 is 2.57 bits per heavy atom. The van der Waals surface area contributed by atoms with E-state index in [2.05, 4.69) is 29.5 Å². The molecule has 2 aliphatic carbocycles. The maximum atomic E-state index is 10.7. The number of hydrogen-bond donors (Lipinski definition) is 5. The van der Waals surface area contributed by atoms with Crippen molar-refractivity contribution in [2.24, 2.45) is 5.92 Å². The Labute approximate surface area is 263 Å². The molecule has 2 atom stereocenters.